The molecule has 0 aromatic carbocycles. The van der Waals surface area contributed by atoms with E-state index in [4.69, 9.17) is 0 Å². The van der Waals surface area contributed by atoms with E-state index >= 15 is 0 Å². The molecule has 4 nitrogen and oxygen atoms in total. The molecule has 20 heavy (non-hydrogen) atoms. The Hall–Kier alpha value is -0.680. The van der Waals surface area contributed by atoms with Crippen LogP contribution < -0.4 is 5.32 Å². The van der Waals surface area contributed by atoms with Gasteiger partial charge in [-0.1, -0.05) is 13.8 Å². The van der Waals surface area contributed by atoms with Gasteiger partial charge in [0.25, 0.3) is 0 Å². The zero-order chi connectivity index (χ0) is 15.3. The Balaban J connectivity index is 2.61. The van der Waals surface area contributed by atoms with Crippen LogP contribution in [-0.2, 0) is 0 Å². The van der Waals surface area contributed by atoms with Crippen LogP contribution in [0.15, 0.2) is 10.7 Å². The summed E-state index contributed by atoms with van der Waals surface area (Å²) < 4.78 is 0.836. The van der Waals surface area contributed by atoms with Crippen molar-refractivity contribution in [3.8, 4) is 0 Å². The predicted octanol–water partition coefficient (Wildman–Crippen LogP) is 3.89. The van der Waals surface area contributed by atoms with Gasteiger partial charge in [0.2, 0.25) is 0 Å². The molecule has 0 bridgehead atoms. The molecule has 0 aliphatic carbocycles. The van der Waals surface area contributed by atoms with Crippen molar-refractivity contribution in [3.63, 3.8) is 0 Å². The average Bonchev–Trinajstić information content (AvgIpc) is 2.32. The molecule has 0 atom stereocenters. The lowest BCUT2D eigenvalue weighted by atomic mass is 10.2. The van der Waals surface area contributed by atoms with Crippen LogP contribution in [0, 0.1) is 0 Å². The Kier molecular flexibility index (Phi) is 6.89. The fraction of sp³-hybridized carbons (Fsp3) is 0.733. The summed E-state index contributed by atoms with van der Waals surface area (Å²) in [6, 6.07) is 3.04. The molecule has 1 rings (SSSR count). The third-order valence-electron chi connectivity index (χ3n) is 3.23. The molecule has 1 aromatic heterocycles. The molecule has 5 heteroatoms. The number of hydrogen-bond donors (Lipinski definition) is 1. The van der Waals surface area contributed by atoms with Crippen LogP contribution in [0.3, 0.4) is 0 Å². The Labute approximate surface area is 131 Å². The van der Waals surface area contributed by atoms with Crippen molar-refractivity contribution in [3.05, 3.63) is 16.5 Å². The zero-order valence-corrected chi connectivity index (χ0v) is 15.0. The molecule has 1 heterocycles. The van der Waals surface area contributed by atoms with E-state index in [1.165, 1.54) is 0 Å². The lowest BCUT2D eigenvalue weighted by Gasteiger charge is -2.30. The van der Waals surface area contributed by atoms with Crippen LogP contribution in [0.4, 0.5) is 5.82 Å². The van der Waals surface area contributed by atoms with Crippen LogP contribution in [0.5, 0.6) is 0 Å². The van der Waals surface area contributed by atoms with Crippen LogP contribution in [0.2, 0.25) is 0 Å². The quantitative estimate of drug-likeness (QED) is 0.763. The Bertz CT molecular complexity index is 410. The van der Waals surface area contributed by atoms with Gasteiger partial charge >= 0.3 is 0 Å². The molecule has 114 valence electrons. The van der Waals surface area contributed by atoms with Crippen LogP contribution in [0.25, 0.3) is 0 Å². The summed E-state index contributed by atoms with van der Waals surface area (Å²) in [5.41, 5.74) is 0. The van der Waals surface area contributed by atoms with E-state index in [0.717, 1.165) is 29.3 Å². The third-order valence-corrected chi connectivity index (χ3v) is 3.64. The molecule has 0 saturated heterocycles. The number of anilines is 1. The van der Waals surface area contributed by atoms with Gasteiger partial charge in [0.05, 0.1) is 0 Å². The van der Waals surface area contributed by atoms with Gasteiger partial charge in [-0.05, 0) is 43.6 Å². The second-order valence-corrected chi connectivity index (χ2v) is 6.75. The van der Waals surface area contributed by atoms with E-state index in [1.54, 1.807) is 0 Å². The zero-order valence-electron chi connectivity index (χ0n) is 13.4. The second-order valence-electron chi connectivity index (χ2n) is 5.94. The highest BCUT2D eigenvalue weighted by atomic mass is 79.9. The van der Waals surface area contributed by atoms with E-state index in [2.05, 4.69) is 77.7 Å². The van der Waals surface area contributed by atoms with Crippen molar-refractivity contribution in [1.29, 1.82) is 0 Å². The number of rotatable bonds is 7. The molecular weight excluding hydrogens is 316 g/mol. The maximum Gasteiger partial charge on any atom is 0.134 e. The first-order chi connectivity index (χ1) is 9.31. The minimum Gasteiger partial charge on any atom is -0.369 e. The molecule has 0 saturated carbocycles. The molecule has 0 aliphatic rings. The van der Waals surface area contributed by atoms with Crippen molar-refractivity contribution < 1.29 is 0 Å². The van der Waals surface area contributed by atoms with Crippen LogP contribution in [-0.4, -0.2) is 40.0 Å². The summed E-state index contributed by atoms with van der Waals surface area (Å²) in [4.78, 5) is 11.4. The predicted molar refractivity (Wildman–Crippen MR) is 89.3 cm³/mol. The smallest absolute Gasteiger partial charge is 0.134 e. The lowest BCUT2D eigenvalue weighted by molar-refractivity contribution is 0.182. The van der Waals surface area contributed by atoms with Gasteiger partial charge < -0.3 is 5.32 Å². The van der Waals surface area contributed by atoms with E-state index in [0.29, 0.717) is 18.0 Å². The van der Waals surface area contributed by atoms with Gasteiger partial charge in [0.15, 0.2) is 0 Å². The minimum atomic E-state index is 0.330. The normalized spacial score (nSPS) is 11.9. The minimum absolute atomic E-state index is 0.330. The molecule has 0 unspecified atom stereocenters. The van der Waals surface area contributed by atoms with Crippen molar-refractivity contribution in [2.45, 2.75) is 59.5 Å². The monoisotopic (exact) mass is 342 g/mol. The molecular formula is C15H27BrN4. The van der Waals surface area contributed by atoms with Gasteiger partial charge in [-0.15, -0.1) is 0 Å². The summed E-state index contributed by atoms with van der Waals surface area (Å²) >= 11 is 3.45. The van der Waals surface area contributed by atoms with Gasteiger partial charge in [-0.2, -0.15) is 0 Å². The third kappa shape index (κ3) is 5.37. The fourth-order valence-corrected chi connectivity index (χ4v) is 2.61. The molecule has 0 spiro atoms. The molecule has 1 aromatic rings. The van der Waals surface area contributed by atoms with E-state index in [-0.39, 0.29) is 0 Å². The Morgan fingerprint density at radius 2 is 1.70 bits per heavy atom. The summed E-state index contributed by atoms with van der Waals surface area (Å²) in [5.74, 6) is 2.09. The summed E-state index contributed by atoms with van der Waals surface area (Å²) in [7, 11) is 0. The first-order valence-electron chi connectivity index (χ1n) is 7.35. The SMILES string of the molecule is CC(C)c1nc(Br)cc(NCCN(C(C)C)C(C)C)n1. The highest BCUT2D eigenvalue weighted by Gasteiger charge is 2.13. The van der Waals surface area contributed by atoms with Gasteiger partial charge in [0, 0.05) is 37.2 Å². The largest absolute Gasteiger partial charge is 0.369 e. The fourth-order valence-electron chi connectivity index (χ4n) is 2.21. The summed E-state index contributed by atoms with van der Waals surface area (Å²) in [6.07, 6.45) is 0. The summed E-state index contributed by atoms with van der Waals surface area (Å²) in [5, 5.41) is 3.40. The van der Waals surface area contributed by atoms with Crippen LogP contribution in [0.1, 0.15) is 53.3 Å². The molecule has 1 N–H and O–H groups in total. The van der Waals surface area contributed by atoms with Crippen molar-refractivity contribution in [2.24, 2.45) is 0 Å². The number of aromatic nitrogens is 2. The highest BCUT2D eigenvalue weighted by molar-refractivity contribution is 9.10. The maximum atomic E-state index is 4.55. The van der Waals surface area contributed by atoms with E-state index < -0.39 is 0 Å². The van der Waals surface area contributed by atoms with E-state index in [9.17, 15) is 0 Å². The molecule has 0 aliphatic heterocycles. The molecule has 0 radical (unpaired) electrons. The van der Waals surface area contributed by atoms with Crippen LogP contribution >= 0.6 is 15.9 Å². The number of nitrogens with zero attached hydrogens (tertiary/aromatic N) is 3. The van der Waals surface area contributed by atoms with Crippen molar-refractivity contribution >= 4 is 21.7 Å². The topological polar surface area (TPSA) is 41.1 Å². The van der Waals surface area contributed by atoms with Gasteiger partial charge in [-0.3, -0.25) is 4.90 Å². The molecule has 0 fully saturated rings. The number of halogens is 1. The molecule has 0 amide bonds. The average molecular weight is 343 g/mol. The van der Waals surface area contributed by atoms with E-state index in [1.807, 2.05) is 6.07 Å². The highest BCUT2D eigenvalue weighted by Crippen LogP contribution is 2.17. The second kappa shape index (κ2) is 7.93. The summed E-state index contributed by atoms with van der Waals surface area (Å²) in [6.45, 7) is 15.0. The number of nitrogens with one attached hydrogen (secondary N) is 1. The standard InChI is InChI=1S/C15H27BrN4/c1-10(2)15-18-13(16)9-14(19-15)17-7-8-20(11(3)4)12(5)6/h9-12H,7-8H2,1-6H3,(H,17,18,19). The van der Waals surface area contributed by atoms with Crippen molar-refractivity contribution in [2.75, 3.05) is 18.4 Å². The lowest BCUT2D eigenvalue weighted by Crippen LogP contribution is -2.40. The van der Waals surface area contributed by atoms with Crippen molar-refractivity contribution in [1.82, 2.24) is 14.9 Å². The van der Waals surface area contributed by atoms with Gasteiger partial charge in [-0.25, -0.2) is 9.97 Å². The maximum absolute atomic E-state index is 4.55. The van der Waals surface area contributed by atoms with Gasteiger partial charge in [0.1, 0.15) is 16.2 Å². The first kappa shape index (κ1) is 17.4. The number of hydrogen-bond acceptors (Lipinski definition) is 4. The Morgan fingerprint density at radius 1 is 1.10 bits per heavy atom. The first-order valence-corrected chi connectivity index (χ1v) is 8.14. The Morgan fingerprint density at radius 3 is 2.20 bits per heavy atom.